The van der Waals surface area contributed by atoms with Gasteiger partial charge in [0.15, 0.2) is 0 Å². The summed E-state index contributed by atoms with van der Waals surface area (Å²) in [6, 6.07) is 6.90. The van der Waals surface area contributed by atoms with Gasteiger partial charge in [0.25, 0.3) is 0 Å². The van der Waals surface area contributed by atoms with E-state index in [9.17, 15) is 0 Å². The summed E-state index contributed by atoms with van der Waals surface area (Å²) in [6.45, 7) is 8.96. The average molecular weight is 269 g/mol. The van der Waals surface area contributed by atoms with Crippen LogP contribution in [-0.2, 0) is 12.8 Å². The molecule has 0 aliphatic rings. The standard InChI is InChI=1S/C14H21Br/c1-5-11-7-8-13(9-12(11)6-2)14(15)10(3)4/h7-10,14H,5-6H2,1-4H3. The van der Waals surface area contributed by atoms with E-state index >= 15 is 0 Å². The van der Waals surface area contributed by atoms with Gasteiger partial charge in [0.05, 0.1) is 0 Å². The van der Waals surface area contributed by atoms with Crippen LogP contribution in [0.25, 0.3) is 0 Å². The fourth-order valence-corrected chi connectivity index (χ4v) is 2.16. The minimum Gasteiger partial charge on any atom is -0.0836 e. The molecule has 0 spiro atoms. The van der Waals surface area contributed by atoms with Crippen molar-refractivity contribution in [3.05, 3.63) is 34.9 Å². The average Bonchev–Trinajstić information content (AvgIpc) is 2.26. The molecule has 0 aromatic heterocycles. The zero-order valence-corrected chi connectivity index (χ0v) is 11.8. The van der Waals surface area contributed by atoms with Gasteiger partial charge in [-0.3, -0.25) is 0 Å². The van der Waals surface area contributed by atoms with Crippen molar-refractivity contribution in [3.63, 3.8) is 0 Å². The Morgan fingerprint density at radius 2 is 1.67 bits per heavy atom. The van der Waals surface area contributed by atoms with Gasteiger partial charge in [-0.15, -0.1) is 0 Å². The van der Waals surface area contributed by atoms with E-state index in [0.717, 1.165) is 12.8 Å². The molecule has 0 nitrogen and oxygen atoms in total. The Labute approximate surface area is 102 Å². The Morgan fingerprint density at radius 3 is 2.13 bits per heavy atom. The van der Waals surface area contributed by atoms with E-state index in [2.05, 4.69) is 61.8 Å². The lowest BCUT2D eigenvalue weighted by molar-refractivity contribution is 0.640. The molecule has 1 atom stereocenters. The normalized spacial score (nSPS) is 13.2. The quantitative estimate of drug-likeness (QED) is 0.682. The first-order chi connectivity index (χ1) is 7.10. The lowest BCUT2D eigenvalue weighted by atomic mass is 9.95. The molecule has 1 aromatic carbocycles. The van der Waals surface area contributed by atoms with Gasteiger partial charge in [0.2, 0.25) is 0 Å². The zero-order chi connectivity index (χ0) is 11.4. The van der Waals surface area contributed by atoms with Gasteiger partial charge >= 0.3 is 0 Å². The first-order valence-corrected chi connectivity index (χ1v) is 6.77. The van der Waals surface area contributed by atoms with E-state index < -0.39 is 0 Å². The molecule has 0 heterocycles. The van der Waals surface area contributed by atoms with Gasteiger partial charge in [-0.25, -0.2) is 0 Å². The monoisotopic (exact) mass is 268 g/mol. The Hall–Kier alpha value is -0.300. The summed E-state index contributed by atoms with van der Waals surface area (Å²) in [5.74, 6) is 0.641. The largest absolute Gasteiger partial charge is 0.0836 e. The first kappa shape index (κ1) is 12.8. The van der Waals surface area contributed by atoms with Gasteiger partial charge in [0, 0.05) is 4.83 Å². The van der Waals surface area contributed by atoms with E-state index in [0.29, 0.717) is 10.7 Å². The zero-order valence-electron chi connectivity index (χ0n) is 10.2. The van der Waals surface area contributed by atoms with Crippen LogP contribution in [0, 0.1) is 5.92 Å². The van der Waals surface area contributed by atoms with Crippen molar-refractivity contribution in [2.75, 3.05) is 0 Å². The molecule has 0 amide bonds. The van der Waals surface area contributed by atoms with Crippen LogP contribution in [0.3, 0.4) is 0 Å². The fourth-order valence-electron chi connectivity index (χ4n) is 1.88. The maximum atomic E-state index is 3.76. The van der Waals surface area contributed by atoms with Crippen LogP contribution < -0.4 is 0 Å². The van der Waals surface area contributed by atoms with Gasteiger partial charge in [-0.1, -0.05) is 61.8 Å². The van der Waals surface area contributed by atoms with E-state index in [1.807, 2.05) is 0 Å². The minimum absolute atomic E-state index is 0.480. The highest BCUT2D eigenvalue weighted by Crippen LogP contribution is 2.31. The SMILES string of the molecule is CCc1ccc(C(Br)C(C)C)cc1CC. The topological polar surface area (TPSA) is 0 Å². The van der Waals surface area contributed by atoms with Crippen LogP contribution in [-0.4, -0.2) is 0 Å². The maximum Gasteiger partial charge on any atom is 0.0418 e. The van der Waals surface area contributed by atoms with Crippen LogP contribution >= 0.6 is 15.9 Å². The second-order valence-corrected chi connectivity index (χ2v) is 5.37. The third-order valence-corrected chi connectivity index (χ3v) is 4.48. The summed E-state index contributed by atoms with van der Waals surface area (Å²) in [6.07, 6.45) is 2.27. The van der Waals surface area contributed by atoms with Gasteiger partial charge < -0.3 is 0 Å². The molecule has 0 aliphatic carbocycles. The van der Waals surface area contributed by atoms with Crippen LogP contribution in [0.4, 0.5) is 0 Å². The highest BCUT2D eigenvalue weighted by molar-refractivity contribution is 9.09. The van der Waals surface area contributed by atoms with Crippen molar-refractivity contribution in [3.8, 4) is 0 Å². The van der Waals surface area contributed by atoms with Crippen LogP contribution in [0.1, 0.15) is 49.2 Å². The van der Waals surface area contributed by atoms with E-state index in [1.54, 1.807) is 0 Å². The molecule has 1 aromatic rings. The molecule has 1 unspecified atom stereocenters. The molecular weight excluding hydrogens is 248 g/mol. The number of alkyl halides is 1. The Morgan fingerprint density at radius 1 is 1.07 bits per heavy atom. The predicted molar refractivity (Wildman–Crippen MR) is 71.7 cm³/mol. The fraction of sp³-hybridized carbons (Fsp3) is 0.571. The first-order valence-electron chi connectivity index (χ1n) is 5.85. The number of aryl methyl sites for hydroxylation is 2. The highest BCUT2D eigenvalue weighted by atomic mass is 79.9. The Bertz CT molecular complexity index is 315. The predicted octanol–water partition coefficient (Wildman–Crippen LogP) is 4.90. The smallest absolute Gasteiger partial charge is 0.0418 e. The molecule has 1 rings (SSSR count). The van der Waals surface area contributed by atoms with Gasteiger partial charge in [0.1, 0.15) is 0 Å². The molecule has 0 aliphatic heterocycles. The van der Waals surface area contributed by atoms with Crippen molar-refractivity contribution in [1.29, 1.82) is 0 Å². The Balaban J connectivity index is 3.02. The van der Waals surface area contributed by atoms with Crippen molar-refractivity contribution < 1.29 is 0 Å². The lowest BCUT2D eigenvalue weighted by Crippen LogP contribution is -2.01. The number of halogens is 1. The molecule has 84 valence electrons. The molecule has 1 heteroatoms. The lowest BCUT2D eigenvalue weighted by Gasteiger charge is -2.16. The molecule has 0 saturated heterocycles. The molecule has 0 N–H and O–H groups in total. The van der Waals surface area contributed by atoms with Gasteiger partial charge in [-0.2, -0.15) is 0 Å². The highest BCUT2D eigenvalue weighted by Gasteiger charge is 2.12. The summed E-state index contributed by atoms with van der Waals surface area (Å²) >= 11 is 3.76. The third kappa shape index (κ3) is 3.07. The molecule has 0 saturated carbocycles. The maximum absolute atomic E-state index is 3.76. The Kier molecular flexibility index (Phi) is 4.85. The van der Waals surface area contributed by atoms with Crippen molar-refractivity contribution in [2.45, 2.75) is 45.4 Å². The van der Waals surface area contributed by atoms with Gasteiger partial charge in [-0.05, 0) is 35.4 Å². The summed E-state index contributed by atoms with van der Waals surface area (Å²) in [5, 5.41) is 0. The number of rotatable bonds is 4. The van der Waals surface area contributed by atoms with Crippen molar-refractivity contribution in [2.24, 2.45) is 5.92 Å². The molecule has 0 fully saturated rings. The number of hydrogen-bond acceptors (Lipinski definition) is 0. The van der Waals surface area contributed by atoms with Crippen molar-refractivity contribution in [1.82, 2.24) is 0 Å². The summed E-state index contributed by atoms with van der Waals surface area (Å²) in [5.41, 5.74) is 4.41. The summed E-state index contributed by atoms with van der Waals surface area (Å²) in [4.78, 5) is 0.480. The summed E-state index contributed by atoms with van der Waals surface area (Å²) in [7, 11) is 0. The molecule has 0 bridgehead atoms. The third-order valence-electron chi connectivity index (χ3n) is 2.90. The van der Waals surface area contributed by atoms with E-state index in [1.165, 1.54) is 16.7 Å². The van der Waals surface area contributed by atoms with Crippen LogP contribution in [0.2, 0.25) is 0 Å². The molecule has 15 heavy (non-hydrogen) atoms. The minimum atomic E-state index is 0.480. The van der Waals surface area contributed by atoms with E-state index in [4.69, 9.17) is 0 Å². The van der Waals surface area contributed by atoms with Crippen LogP contribution in [0.15, 0.2) is 18.2 Å². The molecule has 0 radical (unpaired) electrons. The van der Waals surface area contributed by atoms with Crippen molar-refractivity contribution >= 4 is 15.9 Å². The van der Waals surface area contributed by atoms with Crippen LogP contribution in [0.5, 0.6) is 0 Å². The number of hydrogen-bond donors (Lipinski definition) is 0. The second-order valence-electron chi connectivity index (χ2n) is 4.38. The van der Waals surface area contributed by atoms with E-state index in [-0.39, 0.29) is 0 Å². The second kappa shape index (κ2) is 5.69. The summed E-state index contributed by atoms with van der Waals surface area (Å²) < 4.78 is 0. The number of benzene rings is 1. The molecular formula is C14H21Br.